The predicted octanol–water partition coefficient (Wildman–Crippen LogP) is 2.45. The van der Waals surface area contributed by atoms with Crippen molar-refractivity contribution in [1.29, 1.82) is 0 Å². The van der Waals surface area contributed by atoms with E-state index in [2.05, 4.69) is 0 Å². The van der Waals surface area contributed by atoms with Crippen molar-refractivity contribution in [3.8, 4) is 5.75 Å². The van der Waals surface area contributed by atoms with Crippen molar-refractivity contribution in [3.05, 3.63) is 29.8 Å². The van der Waals surface area contributed by atoms with E-state index in [1.54, 1.807) is 31.2 Å². The van der Waals surface area contributed by atoms with E-state index in [1.165, 1.54) is 0 Å². The maximum Gasteiger partial charge on any atom is 0.313 e. The fraction of sp³-hybridized carbons (Fsp3) is 0.417. The zero-order valence-corrected chi connectivity index (χ0v) is 9.06. The summed E-state index contributed by atoms with van der Waals surface area (Å²) in [6.45, 7) is 4.17. The number of phenols is 1. The van der Waals surface area contributed by atoms with Crippen LogP contribution in [0.25, 0.3) is 0 Å². The third-order valence-electron chi connectivity index (χ3n) is 2.17. The second-order valence-electron chi connectivity index (χ2n) is 3.48. The summed E-state index contributed by atoms with van der Waals surface area (Å²) < 4.78 is 5.03. The van der Waals surface area contributed by atoms with Gasteiger partial charge in [0.15, 0.2) is 0 Å². The van der Waals surface area contributed by atoms with Gasteiger partial charge in [0.05, 0.1) is 12.5 Å². The highest BCUT2D eigenvalue weighted by molar-refractivity contribution is 5.77. The number of ether oxygens (including phenoxy) is 1. The fourth-order valence-corrected chi connectivity index (χ4v) is 1.26. The molecule has 0 aliphatic carbocycles. The fourth-order valence-electron chi connectivity index (χ4n) is 1.26. The molecule has 0 radical (unpaired) electrons. The highest BCUT2D eigenvalue weighted by Gasteiger charge is 2.16. The Labute approximate surface area is 89.7 Å². The van der Waals surface area contributed by atoms with Crippen molar-refractivity contribution in [1.82, 2.24) is 0 Å². The largest absolute Gasteiger partial charge is 0.508 e. The van der Waals surface area contributed by atoms with Gasteiger partial charge in [-0.3, -0.25) is 4.79 Å². The molecule has 1 unspecified atom stereocenters. The molecule has 0 aliphatic heterocycles. The number of phenolic OH excluding ortho intramolecular Hbond substituents is 1. The van der Waals surface area contributed by atoms with Gasteiger partial charge in [0.25, 0.3) is 0 Å². The Morgan fingerprint density at radius 2 is 2.27 bits per heavy atom. The van der Waals surface area contributed by atoms with Crippen molar-refractivity contribution in [2.75, 3.05) is 6.61 Å². The van der Waals surface area contributed by atoms with E-state index in [1.807, 2.05) is 6.92 Å². The number of aromatic hydroxyl groups is 1. The first-order chi connectivity index (χ1) is 7.15. The van der Waals surface area contributed by atoms with Gasteiger partial charge in [-0.05, 0) is 31.0 Å². The Bertz CT molecular complexity index is 333. The first-order valence-electron chi connectivity index (χ1n) is 5.10. The Kier molecular flexibility index (Phi) is 4.16. The van der Waals surface area contributed by atoms with Crippen LogP contribution in [0.4, 0.5) is 0 Å². The quantitative estimate of drug-likeness (QED) is 0.773. The first-order valence-corrected chi connectivity index (χ1v) is 5.10. The number of hydrogen-bond donors (Lipinski definition) is 1. The van der Waals surface area contributed by atoms with Gasteiger partial charge >= 0.3 is 5.97 Å². The summed E-state index contributed by atoms with van der Waals surface area (Å²) in [4.78, 5) is 11.5. The lowest BCUT2D eigenvalue weighted by atomic mass is 10.0. The standard InChI is InChI=1S/C12H16O3/c1-3-7-15-12(14)9(2)10-5-4-6-11(13)8-10/h4-6,8-9,13H,3,7H2,1-2H3. The van der Waals surface area contributed by atoms with Gasteiger partial charge < -0.3 is 9.84 Å². The molecule has 0 saturated carbocycles. The van der Waals surface area contributed by atoms with Crippen LogP contribution in [0.2, 0.25) is 0 Å². The van der Waals surface area contributed by atoms with Crippen molar-refractivity contribution in [3.63, 3.8) is 0 Å². The lowest BCUT2D eigenvalue weighted by Crippen LogP contribution is -2.13. The molecule has 0 aromatic heterocycles. The normalized spacial score (nSPS) is 12.1. The lowest BCUT2D eigenvalue weighted by molar-refractivity contribution is -0.145. The zero-order chi connectivity index (χ0) is 11.3. The minimum Gasteiger partial charge on any atom is -0.508 e. The van der Waals surface area contributed by atoms with E-state index in [4.69, 9.17) is 4.74 Å². The minimum absolute atomic E-state index is 0.169. The molecule has 3 nitrogen and oxygen atoms in total. The molecule has 15 heavy (non-hydrogen) atoms. The molecule has 1 aromatic rings. The summed E-state index contributed by atoms with van der Waals surface area (Å²) >= 11 is 0. The Balaban J connectivity index is 2.67. The van der Waals surface area contributed by atoms with Crippen LogP contribution in [0, 0.1) is 0 Å². The van der Waals surface area contributed by atoms with Crippen LogP contribution in [0.5, 0.6) is 5.75 Å². The lowest BCUT2D eigenvalue weighted by Gasteiger charge is -2.11. The first kappa shape index (κ1) is 11.6. The van der Waals surface area contributed by atoms with Crippen LogP contribution in [-0.2, 0) is 9.53 Å². The molecule has 1 rings (SSSR count). The molecule has 3 heteroatoms. The monoisotopic (exact) mass is 208 g/mol. The van der Waals surface area contributed by atoms with Crippen molar-refractivity contribution >= 4 is 5.97 Å². The highest BCUT2D eigenvalue weighted by Crippen LogP contribution is 2.20. The molecular weight excluding hydrogens is 192 g/mol. The summed E-state index contributed by atoms with van der Waals surface area (Å²) in [5.41, 5.74) is 0.774. The van der Waals surface area contributed by atoms with E-state index in [0.29, 0.717) is 6.61 Å². The number of hydrogen-bond acceptors (Lipinski definition) is 3. The van der Waals surface area contributed by atoms with Gasteiger partial charge in [0.2, 0.25) is 0 Å². The van der Waals surface area contributed by atoms with Gasteiger partial charge in [0.1, 0.15) is 5.75 Å². The predicted molar refractivity (Wildman–Crippen MR) is 57.8 cm³/mol. The van der Waals surface area contributed by atoms with Crippen LogP contribution in [0.1, 0.15) is 31.7 Å². The topological polar surface area (TPSA) is 46.5 Å². The number of rotatable bonds is 4. The zero-order valence-electron chi connectivity index (χ0n) is 9.06. The molecular formula is C12H16O3. The Hall–Kier alpha value is -1.51. The molecule has 82 valence electrons. The van der Waals surface area contributed by atoms with Gasteiger partial charge in [-0.15, -0.1) is 0 Å². The second kappa shape index (κ2) is 5.39. The average molecular weight is 208 g/mol. The summed E-state index contributed by atoms with van der Waals surface area (Å²) in [5.74, 6) is -0.409. The molecule has 0 bridgehead atoms. The average Bonchev–Trinajstić information content (AvgIpc) is 2.24. The van der Waals surface area contributed by atoms with Gasteiger partial charge in [0, 0.05) is 0 Å². The minimum atomic E-state index is -0.330. The smallest absolute Gasteiger partial charge is 0.313 e. The number of carbonyl (C=O) groups is 1. The highest BCUT2D eigenvalue weighted by atomic mass is 16.5. The van der Waals surface area contributed by atoms with Gasteiger partial charge in [-0.1, -0.05) is 19.1 Å². The molecule has 0 aliphatic rings. The molecule has 0 fully saturated rings. The van der Waals surface area contributed by atoms with Crippen LogP contribution in [0.15, 0.2) is 24.3 Å². The number of benzene rings is 1. The van der Waals surface area contributed by atoms with E-state index in [-0.39, 0.29) is 17.6 Å². The van der Waals surface area contributed by atoms with Crippen LogP contribution >= 0.6 is 0 Å². The molecule has 1 atom stereocenters. The molecule has 0 spiro atoms. The number of esters is 1. The SMILES string of the molecule is CCCOC(=O)C(C)c1cccc(O)c1. The van der Waals surface area contributed by atoms with E-state index >= 15 is 0 Å². The second-order valence-corrected chi connectivity index (χ2v) is 3.48. The number of carbonyl (C=O) groups excluding carboxylic acids is 1. The van der Waals surface area contributed by atoms with Gasteiger partial charge in [-0.2, -0.15) is 0 Å². The summed E-state index contributed by atoms with van der Waals surface area (Å²) in [5, 5.41) is 9.27. The van der Waals surface area contributed by atoms with E-state index < -0.39 is 0 Å². The Morgan fingerprint density at radius 3 is 2.87 bits per heavy atom. The van der Waals surface area contributed by atoms with Crippen LogP contribution in [0.3, 0.4) is 0 Å². The Morgan fingerprint density at radius 1 is 1.53 bits per heavy atom. The van der Waals surface area contributed by atoms with E-state index in [9.17, 15) is 9.90 Å². The van der Waals surface area contributed by atoms with Crippen molar-refractivity contribution in [2.45, 2.75) is 26.2 Å². The maximum atomic E-state index is 11.5. The van der Waals surface area contributed by atoms with E-state index in [0.717, 1.165) is 12.0 Å². The third-order valence-corrected chi connectivity index (χ3v) is 2.17. The molecule has 0 amide bonds. The van der Waals surface area contributed by atoms with Gasteiger partial charge in [-0.25, -0.2) is 0 Å². The molecule has 0 saturated heterocycles. The van der Waals surface area contributed by atoms with Crippen LogP contribution < -0.4 is 0 Å². The third kappa shape index (κ3) is 3.27. The summed E-state index contributed by atoms with van der Waals surface area (Å²) in [7, 11) is 0. The maximum absolute atomic E-state index is 11.5. The van der Waals surface area contributed by atoms with Crippen molar-refractivity contribution in [2.24, 2.45) is 0 Å². The summed E-state index contributed by atoms with van der Waals surface area (Å²) in [6.07, 6.45) is 0.818. The van der Waals surface area contributed by atoms with Crippen LogP contribution in [-0.4, -0.2) is 17.7 Å². The summed E-state index contributed by atoms with van der Waals surface area (Å²) in [6, 6.07) is 6.68. The molecule has 1 N–H and O–H groups in total. The molecule has 1 aromatic carbocycles. The molecule has 0 heterocycles. The van der Waals surface area contributed by atoms with Crippen molar-refractivity contribution < 1.29 is 14.6 Å².